The average Bonchev–Trinajstić information content (AvgIpc) is 3.00. The van der Waals surface area contributed by atoms with E-state index in [1.165, 1.54) is 4.90 Å². The highest BCUT2D eigenvalue weighted by atomic mass is 19.3. The van der Waals surface area contributed by atoms with Crippen LogP contribution in [0.1, 0.15) is 47.2 Å². The van der Waals surface area contributed by atoms with E-state index in [-0.39, 0.29) is 31.1 Å². The summed E-state index contributed by atoms with van der Waals surface area (Å²) >= 11 is 0. The molecule has 2 saturated heterocycles. The number of imide groups is 1. The summed E-state index contributed by atoms with van der Waals surface area (Å²) in [6.07, 6.45) is -1.51. The first kappa shape index (κ1) is 19.9. The summed E-state index contributed by atoms with van der Waals surface area (Å²) < 4.78 is 26.1. The van der Waals surface area contributed by atoms with Gasteiger partial charge in [0.1, 0.15) is 6.04 Å². The SMILES string of the molecule is NC1(C(F)F)CCN(Cc2ccc3c(c2)C(=O)N(C2CCC(=O)NC2=O)C3)CC1. The minimum atomic E-state index is -2.53. The molecule has 4 rings (SSSR count). The van der Waals surface area contributed by atoms with Gasteiger partial charge in [-0.3, -0.25) is 24.6 Å². The molecule has 0 radical (unpaired) electrons. The average molecular weight is 406 g/mol. The fourth-order valence-electron chi connectivity index (χ4n) is 4.30. The van der Waals surface area contributed by atoms with Crippen molar-refractivity contribution >= 4 is 17.7 Å². The van der Waals surface area contributed by atoms with Crippen molar-refractivity contribution in [3.8, 4) is 0 Å². The predicted molar refractivity (Wildman–Crippen MR) is 99.9 cm³/mol. The number of carbonyl (C=O) groups is 3. The highest BCUT2D eigenvalue weighted by Crippen LogP contribution is 2.30. The minimum absolute atomic E-state index is 0.214. The molecular formula is C20H24F2N4O3. The quantitative estimate of drug-likeness (QED) is 0.728. The van der Waals surface area contributed by atoms with Crippen molar-refractivity contribution in [2.24, 2.45) is 5.73 Å². The normalized spacial score (nSPS) is 24.8. The fraction of sp³-hybridized carbons (Fsp3) is 0.550. The maximum atomic E-state index is 13.1. The number of hydrogen-bond donors (Lipinski definition) is 2. The Labute approximate surface area is 167 Å². The van der Waals surface area contributed by atoms with E-state index in [1.54, 1.807) is 0 Å². The van der Waals surface area contributed by atoms with Crippen molar-refractivity contribution in [1.82, 2.24) is 15.1 Å². The number of likely N-dealkylation sites (tertiary alicyclic amines) is 1. The molecule has 0 bridgehead atoms. The topological polar surface area (TPSA) is 95.7 Å². The summed E-state index contributed by atoms with van der Waals surface area (Å²) in [4.78, 5) is 39.9. The summed E-state index contributed by atoms with van der Waals surface area (Å²) in [6, 6.07) is 4.99. The van der Waals surface area contributed by atoms with Gasteiger partial charge in [0, 0.05) is 38.2 Å². The number of rotatable bonds is 4. The van der Waals surface area contributed by atoms with Crippen molar-refractivity contribution in [3.05, 3.63) is 34.9 Å². The van der Waals surface area contributed by atoms with Gasteiger partial charge < -0.3 is 10.6 Å². The third kappa shape index (κ3) is 3.76. The molecule has 1 aromatic carbocycles. The second-order valence-corrected chi connectivity index (χ2v) is 8.20. The number of benzene rings is 1. The van der Waals surface area contributed by atoms with Crippen LogP contribution in [0.25, 0.3) is 0 Å². The highest BCUT2D eigenvalue weighted by Gasteiger charge is 2.40. The Balaban J connectivity index is 1.42. The van der Waals surface area contributed by atoms with E-state index < -0.39 is 23.9 Å². The minimum Gasteiger partial charge on any atom is -0.322 e. The fourth-order valence-corrected chi connectivity index (χ4v) is 4.30. The van der Waals surface area contributed by atoms with E-state index in [0.717, 1.165) is 11.1 Å². The summed E-state index contributed by atoms with van der Waals surface area (Å²) in [7, 11) is 0. The number of nitrogens with one attached hydrogen (secondary N) is 1. The molecule has 156 valence electrons. The van der Waals surface area contributed by atoms with Crippen molar-refractivity contribution in [2.45, 2.75) is 56.8 Å². The lowest BCUT2D eigenvalue weighted by molar-refractivity contribution is -0.136. The molecule has 3 heterocycles. The number of alkyl halides is 2. The monoisotopic (exact) mass is 406 g/mol. The molecule has 2 fully saturated rings. The second-order valence-electron chi connectivity index (χ2n) is 8.20. The zero-order valence-electron chi connectivity index (χ0n) is 16.0. The van der Waals surface area contributed by atoms with Gasteiger partial charge in [-0.2, -0.15) is 0 Å². The Morgan fingerprint density at radius 2 is 1.93 bits per heavy atom. The molecule has 0 saturated carbocycles. The van der Waals surface area contributed by atoms with Crippen LogP contribution in [0.5, 0.6) is 0 Å². The number of nitrogens with zero attached hydrogens (tertiary/aromatic N) is 2. The standard InChI is InChI=1S/C20H24F2N4O3/c21-19(22)20(23)5-7-25(8-6-20)10-12-1-2-13-11-26(18(29)14(13)9-12)15-3-4-16(27)24-17(15)28/h1-2,9,15,19H,3-8,10-11,23H2,(H,24,27,28). The molecule has 9 heteroatoms. The molecule has 3 aliphatic heterocycles. The molecule has 0 aromatic heterocycles. The smallest absolute Gasteiger partial charge is 0.256 e. The molecular weight excluding hydrogens is 382 g/mol. The van der Waals surface area contributed by atoms with E-state index in [2.05, 4.69) is 10.2 Å². The molecule has 1 atom stereocenters. The van der Waals surface area contributed by atoms with Gasteiger partial charge in [-0.15, -0.1) is 0 Å². The highest BCUT2D eigenvalue weighted by molar-refractivity contribution is 6.05. The lowest BCUT2D eigenvalue weighted by Gasteiger charge is -2.38. The zero-order chi connectivity index (χ0) is 20.8. The molecule has 0 aliphatic carbocycles. The van der Waals surface area contributed by atoms with Crippen LogP contribution in [0.2, 0.25) is 0 Å². The first-order valence-electron chi connectivity index (χ1n) is 9.83. The Morgan fingerprint density at radius 3 is 2.59 bits per heavy atom. The second kappa shape index (κ2) is 7.46. The molecule has 29 heavy (non-hydrogen) atoms. The van der Waals surface area contributed by atoms with Gasteiger partial charge in [-0.25, -0.2) is 8.78 Å². The summed E-state index contributed by atoms with van der Waals surface area (Å²) in [5.74, 6) is -0.957. The summed E-state index contributed by atoms with van der Waals surface area (Å²) in [6.45, 7) is 1.86. The predicted octanol–water partition coefficient (Wildman–Crippen LogP) is 1.01. The van der Waals surface area contributed by atoms with Crippen LogP contribution in [-0.4, -0.2) is 58.6 Å². The number of carbonyl (C=O) groups excluding carboxylic acids is 3. The number of piperidine rings is 2. The van der Waals surface area contributed by atoms with E-state index in [1.807, 2.05) is 18.2 Å². The van der Waals surface area contributed by atoms with Gasteiger partial charge in [-0.05, 0) is 36.5 Å². The molecule has 1 unspecified atom stereocenters. The van der Waals surface area contributed by atoms with E-state index in [9.17, 15) is 23.2 Å². The zero-order valence-corrected chi connectivity index (χ0v) is 16.0. The molecule has 3 N–H and O–H groups in total. The Bertz CT molecular complexity index is 852. The van der Waals surface area contributed by atoms with Gasteiger partial charge in [0.25, 0.3) is 12.3 Å². The number of fused-ring (bicyclic) bond motifs is 1. The van der Waals surface area contributed by atoms with Gasteiger partial charge in [0.2, 0.25) is 11.8 Å². The molecule has 3 aliphatic rings. The molecule has 3 amide bonds. The Hall–Kier alpha value is -2.39. The van der Waals surface area contributed by atoms with Crippen molar-refractivity contribution < 1.29 is 23.2 Å². The summed E-state index contributed by atoms with van der Waals surface area (Å²) in [5, 5.41) is 2.29. The van der Waals surface area contributed by atoms with Gasteiger partial charge in [-0.1, -0.05) is 12.1 Å². The van der Waals surface area contributed by atoms with Gasteiger partial charge in [0.05, 0.1) is 5.54 Å². The molecule has 7 nitrogen and oxygen atoms in total. The van der Waals surface area contributed by atoms with Crippen molar-refractivity contribution in [3.63, 3.8) is 0 Å². The van der Waals surface area contributed by atoms with Crippen LogP contribution in [0, 0.1) is 0 Å². The lowest BCUT2D eigenvalue weighted by atomic mass is 9.89. The maximum Gasteiger partial charge on any atom is 0.256 e. The molecule has 0 spiro atoms. The number of amides is 3. The van der Waals surface area contributed by atoms with Crippen LogP contribution >= 0.6 is 0 Å². The third-order valence-electron chi connectivity index (χ3n) is 6.22. The van der Waals surface area contributed by atoms with E-state index in [4.69, 9.17) is 5.73 Å². The van der Waals surface area contributed by atoms with Crippen LogP contribution in [0.15, 0.2) is 18.2 Å². The number of hydrogen-bond acceptors (Lipinski definition) is 5. The number of nitrogens with two attached hydrogens (primary N) is 1. The van der Waals surface area contributed by atoms with Crippen LogP contribution in [0.3, 0.4) is 0 Å². The maximum absolute atomic E-state index is 13.1. The first-order chi connectivity index (χ1) is 13.8. The lowest BCUT2D eigenvalue weighted by Crippen LogP contribution is -2.54. The largest absolute Gasteiger partial charge is 0.322 e. The summed E-state index contributed by atoms with van der Waals surface area (Å²) in [5.41, 5.74) is 6.69. The van der Waals surface area contributed by atoms with Crippen molar-refractivity contribution in [1.29, 1.82) is 0 Å². The Kier molecular flexibility index (Phi) is 5.12. The third-order valence-corrected chi connectivity index (χ3v) is 6.22. The first-order valence-corrected chi connectivity index (χ1v) is 9.83. The Morgan fingerprint density at radius 1 is 1.21 bits per heavy atom. The van der Waals surface area contributed by atoms with Crippen LogP contribution in [0.4, 0.5) is 8.78 Å². The van der Waals surface area contributed by atoms with E-state index in [0.29, 0.717) is 38.2 Å². The number of halogens is 2. The van der Waals surface area contributed by atoms with Crippen molar-refractivity contribution in [2.75, 3.05) is 13.1 Å². The van der Waals surface area contributed by atoms with Gasteiger partial charge >= 0.3 is 0 Å². The van der Waals surface area contributed by atoms with Crippen LogP contribution < -0.4 is 11.1 Å². The van der Waals surface area contributed by atoms with Gasteiger partial charge in [0.15, 0.2) is 0 Å². The molecule has 1 aromatic rings. The van der Waals surface area contributed by atoms with E-state index >= 15 is 0 Å². The van der Waals surface area contributed by atoms with Crippen LogP contribution in [-0.2, 0) is 22.7 Å².